The summed E-state index contributed by atoms with van der Waals surface area (Å²) in [6, 6.07) is 8.78. The normalized spacial score (nSPS) is 19.9. The van der Waals surface area contributed by atoms with Gasteiger partial charge in [-0.25, -0.2) is 0 Å². The van der Waals surface area contributed by atoms with Crippen LogP contribution in [0.5, 0.6) is 0 Å². The Balaban J connectivity index is 2.17. The lowest BCUT2D eigenvalue weighted by molar-refractivity contribution is 0.443. The van der Waals surface area contributed by atoms with Gasteiger partial charge in [0.2, 0.25) is 0 Å². The van der Waals surface area contributed by atoms with Gasteiger partial charge in [0.25, 0.3) is 0 Å². The second-order valence-electron chi connectivity index (χ2n) is 4.43. The van der Waals surface area contributed by atoms with Crippen LogP contribution in [0.15, 0.2) is 24.3 Å². The summed E-state index contributed by atoms with van der Waals surface area (Å²) in [5.41, 5.74) is 8.99. The van der Waals surface area contributed by atoms with Gasteiger partial charge in [0.1, 0.15) is 0 Å². The molecule has 1 heteroatoms. The van der Waals surface area contributed by atoms with Crippen LogP contribution in [-0.2, 0) is 0 Å². The van der Waals surface area contributed by atoms with Crippen LogP contribution in [0.1, 0.15) is 42.9 Å². The molecule has 1 aliphatic carbocycles. The number of nitrogens with two attached hydrogens (primary N) is 1. The number of hydrogen-bond acceptors (Lipinski definition) is 1. The third-order valence-corrected chi connectivity index (χ3v) is 3.46. The van der Waals surface area contributed by atoms with Gasteiger partial charge in [-0.05, 0) is 36.8 Å². The zero-order valence-corrected chi connectivity index (χ0v) is 8.87. The summed E-state index contributed by atoms with van der Waals surface area (Å²) in [7, 11) is 0. The van der Waals surface area contributed by atoms with Crippen LogP contribution < -0.4 is 5.73 Å². The second-order valence-corrected chi connectivity index (χ2v) is 4.43. The highest BCUT2D eigenvalue weighted by Gasteiger charge is 2.23. The highest BCUT2D eigenvalue weighted by molar-refractivity contribution is 5.29. The molecule has 1 aromatic rings. The molecule has 0 saturated heterocycles. The van der Waals surface area contributed by atoms with Crippen molar-refractivity contribution in [2.24, 2.45) is 11.7 Å². The number of aryl methyl sites for hydroxylation is 1. The largest absolute Gasteiger partial charge is 0.324 e. The van der Waals surface area contributed by atoms with E-state index in [1.165, 1.54) is 36.8 Å². The highest BCUT2D eigenvalue weighted by Crippen LogP contribution is 2.34. The van der Waals surface area contributed by atoms with E-state index in [0.717, 1.165) is 5.92 Å². The summed E-state index contributed by atoms with van der Waals surface area (Å²) in [5.74, 6) is 0.719. The summed E-state index contributed by atoms with van der Waals surface area (Å²) in [6.07, 6.45) is 5.36. The third-order valence-electron chi connectivity index (χ3n) is 3.46. The predicted octanol–water partition coefficient (Wildman–Crippen LogP) is 3.19. The molecule has 76 valence electrons. The number of hydrogen-bond donors (Lipinski definition) is 1. The summed E-state index contributed by atoms with van der Waals surface area (Å²) in [5, 5.41) is 0. The first-order chi connectivity index (χ1) is 6.79. The van der Waals surface area contributed by atoms with Crippen molar-refractivity contribution < 1.29 is 0 Å². The summed E-state index contributed by atoms with van der Waals surface area (Å²) in [4.78, 5) is 0. The minimum atomic E-state index is 0.263. The van der Waals surface area contributed by atoms with Crippen LogP contribution in [0.2, 0.25) is 0 Å². The molecular formula is C13H19N. The van der Waals surface area contributed by atoms with Crippen LogP contribution in [0.4, 0.5) is 0 Å². The Morgan fingerprint density at radius 3 is 2.50 bits per heavy atom. The van der Waals surface area contributed by atoms with Gasteiger partial charge >= 0.3 is 0 Å². The smallest absolute Gasteiger partial charge is 0.0326 e. The van der Waals surface area contributed by atoms with Crippen molar-refractivity contribution in [3.63, 3.8) is 0 Å². The maximum absolute atomic E-state index is 6.30. The Morgan fingerprint density at radius 1 is 1.21 bits per heavy atom. The second kappa shape index (κ2) is 4.14. The van der Waals surface area contributed by atoms with E-state index in [4.69, 9.17) is 5.73 Å². The molecule has 1 aromatic carbocycles. The molecule has 0 aliphatic heterocycles. The van der Waals surface area contributed by atoms with Crippen LogP contribution >= 0.6 is 0 Å². The lowest BCUT2D eigenvalue weighted by atomic mass is 9.90. The van der Waals surface area contributed by atoms with E-state index in [2.05, 4.69) is 31.2 Å². The van der Waals surface area contributed by atoms with E-state index in [9.17, 15) is 0 Å². The molecule has 0 heterocycles. The van der Waals surface area contributed by atoms with Gasteiger partial charge < -0.3 is 5.73 Å². The zero-order valence-electron chi connectivity index (χ0n) is 8.87. The van der Waals surface area contributed by atoms with E-state index in [1.54, 1.807) is 0 Å². The highest BCUT2D eigenvalue weighted by atomic mass is 14.7. The van der Waals surface area contributed by atoms with Gasteiger partial charge in [0.15, 0.2) is 0 Å². The molecule has 0 spiro atoms. The van der Waals surface area contributed by atoms with Crippen molar-refractivity contribution in [2.75, 3.05) is 0 Å². The van der Waals surface area contributed by atoms with Crippen molar-refractivity contribution in [1.82, 2.24) is 0 Å². The summed E-state index contributed by atoms with van der Waals surface area (Å²) in [6.45, 7) is 2.16. The average molecular weight is 189 g/mol. The molecule has 0 amide bonds. The molecular weight excluding hydrogens is 170 g/mol. The van der Waals surface area contributed by atoms with E-state index < -0.39 is 0 Å². The first-order valence-corrected chi connectivity index (χ1v) is 5.60. The minimum absolute atomic E-state index is 0.263. The van der Waals surface area contributed by atoms with E-state index >= 15 is 0 Å². The first kappa shape index (κ1) is 9.72. The quantitative estimate of drug-likeness (QED) is 0.759. The van der Waals surface area contributed by atoms with Gasteiger partial charge in [0, 0.05) is 6.04 Å². The molecule has 1 nitrogen and oxygen atoms in total. The summed E-state index contributed by atoms with van der Waals surface area (Å²) >= 11 is 0. The van der Waals surface area contributed by atoms with Gasteiger partial charge in [-0.1, -0.05) is 37.1 Å². The molecule has 0 unspecified atom stereocenters. The summed E-state index contributed by atoms with van der Waals surface area (Å²) < 4.78 is 0. The molecule has 0 bridgehead atoms. The van der Waals surface area contributed by atoms with E-state index in [0.29, 0.717) is 0 Å². The molecule has 1 aliphatic rings. The van der Waals surface area contributed by atoms with Crippen LogP contribution in [0.25, 0.3) is 0 Å². The molecule has 1 saturated carbocycles. The van der Waals surface area contributed by atoms with Crippen LogP contribution in [-0.4, -0.2) is 0 Å². The Hall–Kier alpha value is -0.820. The Labute approximate surface area is 86.3 Å². The fourth-order valence-corrected chi connectivity index (χ4v) is 2.53. The van der Waals surface area contributed by atoms with Crippen molar-refractivity contribution >= 4 is 0 Å². The van der Waals surface area contributed by atoms with Gasteiger partial charge in [-0.2, -0.15) is 0 Å². The van der Waals surface area contributed by atoms with E-state index in [-0.39, 0.29) is 6.04 Å². The lowest BCUT2D eigenvalue weighted by Crippen LogP contribution is -2.19. The molecule has 14 heavy (non-hydrogen) atoms. The third kappa shape index (κ3) is 1.83. The molecule has 1 atom stereocenters. The van der Waals surface area contributed by atoms with Gasteiger partial charge in [-0.3, -0.25) is 0 Å². The van der Waals surface area contributed by atoms with Crippen molar-refractivity contribution in [3.05, 3.63) is 35.4 Å². The lowest BCUT2D eigenvalue weighted by Gasteiger charge is -2.20. The van der Waals surface area contributed by atoms with Gasteiger partial charge in [0.05, 0.1) is 0 Å². The SMILES string of the molecule is Cc1ccccc1[C@H](N)C1CCCC1. The molecule has 2 rings (SSSR count). The van der Waals surface area contributed by atoms with Crippen molar-refractivity contribution in [2.45, 2.75) is 38.6 Å². The molecule has 0 radical (unpaired) electrons. The first-order valence-electron chi connectivity index (χ1n) is 5.60. The monoisotopic (exact) mass is 189 g/mol. The van der Waals surface area contributed by atoms with E-state index in [1.807, 2.05) is 0 Å². The maximum Gasteiger partial charge on any atom is 0.0326 e. The van der Waals surface area contributed by atoms with Crippen molar-refractivity contribution in [1.29, 1.82) is 0 Å². The molecule has 1 fully saturated rings. The van der Waals surface area contributed by atoms with Crippen LogP contribution in [0.3, 0.4) is 0 Å². The fraction of sp³-hybridized carbons (Fsp3) is 0.538. The molecule has 2 N–H and O–H groups in total. The fourth-order valence-electron chi connectivity index (χ4n) is 2.53. The Kier molecular flexibility index (Phi) is 2.87. The number of benzene rings is 1. The average Bonchev–Trinajstić information content (AvgIpc) is 2.70. The number of rotatable bonds is 2. The Morgan fingerprint density at radius 2 is 1.86 bits per heavy atom. The van der Waals surface area contributed by atoms with Crippen molar-refractivity contribution in [3.8, 4) is 0 Å². The molecule has 0 aromatic heterocycles. The Bertz CT molecular complexity index is 300. The maximum atomic E-state index is 6.30. The standard InChI is InChI=1S/C13H19N/c1-10-6-2-5-9-12(10)13(14)11-7-3-4-8-11/h2,5-6,9,11,13H,3-4,7-8,14H2,1H3/t13-/m1/s1. The minimum Gasteiger partial charge on any atom is -0.324 e. The topological polar surface area (TPSA) is 26.0 Å². The predicted molar refractivity (Wildman–Crippen MR) is 60.1 cm³/mol. The van der Waals surface area contributed by atoms with Gasteiger partial charge in [-0.15, -0.1) is 0 Å². The van der Waals surface area contributed by atoms with Crippen LogP contribution in [0, 0.1) is 12.8 Å². The zero-order chi connectivity index (χ0) is 9.97.